The van der Waals surface area contributed by atoms with Crippen LogP contribution in [0.25, 0.3) is 11.3 Å². The van der Waals surface area contributed by atoms with Crippen LogP contribution in [0.2, 0.25) is 0 Å². The second-order valence-electron chi connectivity index (χ2n) is 5.45. The van der Waals surface area contributed by atoms with Gasteiger partial charge in [0.1, 0.15) is 11.5 Å². The largest absolute Gasteiger partial charge is 0.298 e. The molecule has 1 aliphatic rings. The Kier molecular flexibility index (Phi) is 4.19. The zero-order chi connectivity index (χ0) is 14.8. The fraction of sp³-hybridized carbons (Fsp3) is 0.375. The highest BCUT2D eigenvalue weighted by atomic mass is 79.9. The maximum absolute atomic E-state index is 13.4. The number of hydrogen-bond donors (Lipinski definition) is 0. The van der Waals surface area contributed by atoms with Crippen molar-refractivity contribution in [1.82, 2.24) is 9.78 Å². The Balaban J connectivity index is 1.99. The summed E-state index contributed by atoms with van der Waals surface area (Å²) in [4.78, 5) is 11.3. The molecular formula is C16H16BrFN2O. The molecule has 1 heterocycles. The third kappa shape index (κ3) is 2.93. The topological polar surface area (TPSA) is 34.9 Å². The Bertz CT molecular complexity index is 662. The molecule has 0 atom stereocenters. The Morgan fingerprint density at radius 3 is 2.71 bits per heavy atom. The summed E-state index contributed by atoms with van der Waals surface area (Å²) < 4.78 is 15.6. The first-order valence-corrected chi connectivity index (χ1v) is 7.98. The summed E-state index contributed by atoms with van der Waals surface area (Å²) in [6.07, 6.45) is 8.53. The normalized spacial score (nSPS) is 16.1. The van der Waals surface area contributed by atoms with E-state index in [-0.39, 0.29) is 5.82 Å². The maximum Gasteiger partial charge on any atom is 0.153 e. The second kappa shape index (κ2) is 6.10. The molecular weight excluding hydrogens is 335 g/mol. The lowest BCUT2D eigenvalue weighted by atomic mass is 9.96. The predicted molar refractivity (Wildman–Crippen MR) is 82.8 cm³/mol. The third-order valence-electron chi connectivity index (χ3n) is 4.03. The molecule has 110 valence electrons. The fourth-order valence-corrected chi connectivity index (χ4v) is 3.27. The number of aromatic nitrogens is 2. The van der Waals surface area contributed by atoms with Crippen LogP contribution < -0.4 is 0 Å². The zero-order valence-corrected chi connectivity index (χ0v) is 13.1. The molecule has 1 aromatic carbocycles. The van der Waals surface area contributed by atoms with Crippen molar-refractivity contribution in [2.24, 2.45) is 0 Å². The molecule has 21 heavy (non-hydrogen) atoms. The van der Waals surface area contributed by atoms with Crippen LogP contribution in [0.3, 0.4) is 0 Å². The highest BCUT2D eigenvalue weighted by Gasteiger charge is 2.19. The first-order chi connectivity index (χ1) is 10.2. The van der Waals surface area contributed by atoms with Crippen molar-refractivity contribution in [2.45, 2.75) is 38.1 Å². The van der Waals surface area contributed by atoms with Gasteiger partial charge in [-0.25, -0.2) is 4.39 Å². The van der Waals surface area contributed by atoms with Crippen molar-refractivity contribution in [3.05, 3.63) is 40.2 Å². The Hall–Kier alpha value is -1.49. The van der Waals surface area contributed by atoms with Gasteiger partial charge in [0.15, 0.2) is 6.29 Å². The average molecular weight is 351 g/mol. The second-order valence-corrected chi connectivity index (χ2v) is 6.31. The molecule has 5 heteroatoms. The van der Waals surface area contributed by atoms with E-state index in [1.54, 1.807) is 12.1 Å². The summed E-state index contributed by atoms with van der Waals surface area (Å²) in [7, 11) is 0. The molecule has 0 N–H and O–H groups in total. The van der Waals surface area contributed by atoms with Crippen molar-refractivity contribution in [3.63, 3.8) is 0 Å². The van der Waals surface area contributed by atoms with Crippen molar-refractivity contribution >= 4 is 22.2 Å². The van der Waals surface area contributed by atoms with Crippen LogP contribution in [-0.4, -0.2) is 16.1 Å². The lowest BCUT2D eigenvalue weighted by Gasteiger charge is -2.21. The van der Waals surface area contributed by atoms with Crippen molar-refractivity contribution in [1.29, 1.82) is 0 Å². The van der Waals surface area contributed by atoms with Crippen LogP contribution in [-0.2, 0) is 0 Å². The molecule has 0 bridgehead atoms. The highest BCUT2D eigenvalue weighted by Crippen LogP contribution is 2.31. The molecule has 0 radical (unpaired) electrons. The van der Waals surface area contributed by atoms with Gasteiger partial charge in [0.05, 0.1) is 16.1 Å². The van der Waals surface area contributed by atoms with E-state index in [0.29, 0.717) is 21.8 Å². The molecule has 1 saturated carbocycles. The summed E-state index contributed by atoms with van der Waals surface area (Å²) in [6.45, 7) is 0. The van der Waals surface area contributed by atoms with Gasteiger partial charge in [-0.1, -0.05) is 19.3 Å². The minimum absolute atomic E-state index is 0.321. The minimum Gasteiger partial charge on any atom is -0.298 e. The molecule has 1 aliphatic carbocycles. The number of nitrogens with zero attached hydrogens (tertiary/aromatic N) is 2. The molecule has 0 amide bonds. The molecule has 1 aromatic heterocycles. The van der Waals surface area contributed by atoms with Crippen molar-refractivity contribution in [2.75, 3.05) is 0 Å². The zero-order valence-electron chi connectivity index (χ0n) is 11.6. The molecule has 0 saturated heterocycles. The van der Waals surface area contributed by atoms with Gasteiger partial charge in [0.2, 0.25) is 0 Å². The number of carbonyl (C=O) groups excluding carboxylic acids is 1. The highest BCUT2D eigenvalue weighted by molar-refractivity contribution is 9.10. The van der Waals surface area contributed by atoms with Gasteiger partial charge >= 0.3 is 0 Å². The number of benzene rings is 1. The molecule has 0 aliphatic heterocycles. The molecule has 0 spiro atoms. The Labute approximate surface area is 131 Å². The van der Waals surface area contributed by atoms with E-state index in [4.69, 9.17) is 0 Å². The first-order valence-electron chi connectivity index (χ1n) is 7.19. The first kappa shape index (κ1) is 14.4. The predicted octanol–water partition coefficient (Wildman–Crippen LogP) is 4.77. The van der Waals surface area contributed by atoms with E-state index in [2.05, 4.69) is 21.0 Å². The molecule has 0 unspecified atom stereocenters. The van der Waals surface area contributed by atoms with Crippen LogP contribution in [0.15, 0.2) is 28.9 Å². The average Bonchev–Trinajstić information content (AvgIpc) is 2.95. The fourth-order valence-electron chi connectivity index (χ4n) is 2.89. The SMILES string of the molecule is O=Cc1cn(C2CCCCC2)nc1-c1ccc(F)c(Br)c1. The Morgan fingerprint density at radius 1 is 1.29 bits per heavy atom. The monoisotopic (exact) mass is 350 g/mol. The summed E-state index contributed by atoms with van der Waals surface area (Å²) in [5.74, 6) is -0.321. The van der Waals surface area contributed by atoms with Crippen LogP contribution in [0.4, 0.5) is 4.39 Å². The van der Waals surface area contributed by atoms with Crippen LogP contribution in [0.1, 0.15) is 48.5 Å². The van der Waals surface area contributed by atoms with E-state index in [9.17, 15) is 9.18 Å². The van der Waals surface area contributed by atoms with Gasteiger partial charge in [-0.2, -0.15) is 5.10 Å². The number of rotatable bonds is 3. The maximum atomic E-state index is 13.4. The summed E-state index contributed by atoms with van der Waals surface area (Å²) >= 11 is 3.18. The number of carbonyl (C=O) groups is 1. The molecule has 2 aromatic rings. The lowest BCUT2D eigenvalue weighted by Crippen LogP contribution is -2.13. The Morgan fingerprint density at radius 2 is 2.05 bits per heavy atom. The molecule has 1 fully saturated rings. The van der Waals surface area contributed by atoms with Crippen molar-refractivity contribution < 1.29 is 9.18 Å². The van der Waals surface area contributed by atoms with E-state index in [1.807, 2.05) is 10.9 Å². The summed E-state index contributed by atoms with van der Waals surface area (Å²) in [5, 5.41) is 4.59. The number of hydrogen-bond acceptors (Lipinski definition) is 2. The van der Waals surface area contributed by atoms with Gasteiger partial charge < -0.3 is 0 Å². The molecule has 3 rings (SSSR count). The standard InChI is InChI=1S/C16H16BrFN2O/c17-14-8-11(6-7-15(14)18)16-12(10-21)9-20(19-16)13-4-2-1-3-5-13/h6-10,13H,1-5H2. The number of aldehydes is 1. The van der Waals surface area contributed by atoms with E-state index < -0.39 is 0 Å². The van der Waals surface area contributed by atoms with Crippen LogP contribution in [0.5, 0.6) is 0 Å². The van der Waals surface area contributed by atoms with Gasteiger partial charge in [-0.3, -0.25) is 9.48 Å². The molecule has 3 nitrogen and oxygen atoms in total. The summed E-state index contributed by atoms with van der Waals surface area (Å²) in [5.41, 5.74) is 1.93. The van der Waals surface area contributed by atoms with Crippen molar-refractivity contribution in [3.8, 4) is 11.3 Å². The minimum atomic E-state index is -0.321. The van der Waals surface area contributed by atoms with E-state index in [1.165, 1.54) is 25.3 Å². The van der Waals surface area contributed by atoms with Gasteiger partial charge in [-0.15, -0.1) is 0 Å². The van der Waals surface area contributed by atoms with Gasteiger partial charge in [-0.05, 0) is 47.0 Å². The van der Waals surface area contributed by atoms with E-state index >= 15 is 0 Å². The van der Waals surface area contributed by atoms with E-state index in [0.717, 1.165) is 24.7 Å². The third-order valence-corrected chi connectivity index (χ3v) is 4.64. The van der Waals surface area contributed by atoms with Crippen LogP contribution >= 0.6 is 15.9 Å². The number of halogens is 2. The van der Waals surface area contributed by atoms with Crippen LogP contribution in [0, 0.1) is 5.82 Å². The van der Waals surface area contributed by atoms with Gasteiger partial charge in [0, 0.05) is 11.8 Å². The quantitative estimate of drug-likeness (QED) is 0.747. The summed E-state index contributed by atoms with van der Waals surface area (Å²) in [6, 6.07) is 5.07. The lowest BCUT2D eigenvalue weighted by molar-refractivity contribution is 0.112. The van der Waals surface area contributed by atoms with Gasteiger partial charge in [0.25, 0.3) is 0 Å². The smallest absolute Gasteiger partial charge is 0.153 e.